The summed E-state index contributed by atoms with van der Waals surface area (Å²) in [5, 5.41) is 40.6. The molecule has 0 unspecified atom stereocenters. The number of nitrogens with two attached hydrogens (primary N) is 2. The number of methoxy groups -OCH3 is 2. The van der Waals surface area contributed by atoms with Gasteiger partial charge in [-0.25, -0.2) is 16.8 Å². The van der Waals surface area contributed by atoms with E-state index in [2.05, 4.69) is 20.5 Å². The Hall–Kier alpha value is -0.728. The summed E-state index contributed by atoms with van der Waals surface area (Å²) >= 11 is 0. The number of benzene rings is 6. The molecule has 0 spiro atoms. The molecule has 314 valence electrons. The molecule has 0 aliphatic heterocycles. The molecule has 33 heteroatoms. The van der Waals surface area contributed by atoms with Gasteiger partial charge in [-0.2, -0.15) is 16.8 Å². The van der Waals surface area contributed by atoms with Gasteiger partial charge in [0, 0.05) is 11.4 Å². The van der Waals surface area contributed by atoms with Gasteiger partial charge in [-0.05, 0) is 93.3 Å². The molecule has 6 aromatic carbocycles. The van der Waals surface area contributed by atoms with Gasteiger partial charge in [0.05, 0.1) is 35.4 Å². The Labute approximate surface area is 507 Å². The Balaban J connectivity index is 0. The number of nitrogens with zero attached hydrogens (tertiary/aromatic N) is 4. The first kappa shape index (κ1) is 68.4. The first-order valence-corrected chi connectivity index (χ1v) is 21.7. The number of fused-ring (bicyclic) bond motifs is 2. The van der Waals surface area contributed by atoms with E-state index in [1.54, 1.807) is 0 Å². The molecule has 6 N–H and O–H groups in total. The van der Waals surface area contributed by atoms with Gasteiger partial charge in [0.15, 0.2) is 0 Å². The van der Waals surface area contributed by atoms with Crippen LogP contribution in [0.2, 0.25) is 0 Å². The monoisotopic (exact) mass is 1010 g/mol. The predicted molar refractivity (Wildman–Crippen MR) is 205 cm³/mol. The summed E-state index contributed by atoms with van der Waals surface area (Å²) in [6, 6.07) is 12.8. The number of nitrogen functional groups attached to an aromatic ring is 2. The van der Waals surface area contributed by atoms with Crippen LogP contribution in [0.1, 0.15) is 0 Å². The van der Waals surface area contributed by atoms with E-state index in [4.69, 9.17) is 20.9 Å². The minimum Gasteiger partial charge on any atom is -0.870 e. The zero-order valence-corrected chi connectivity index (χ0v) is 48.4. The van der Waals surface area contributed by atoms with Gasteiger partial charge < -0.3 is 40.3 Å². The van der Waals surface area contributed by atoms with Gasteiger partial charge in [0.25, 0.3) is 20.2 Å². The number of hydrogen-bond donors (Lipinski definition) is 4. The molecule has 0 aliphatic rings. The van der Waals surface area contributed by atoms with Crippen molar-refractivity contribution in [1.29, 1.82) is 0 Å². The average molecular weight is 1010 g/mol. The van der Waals surface area contributed by atoms with Crippen molar-refractivity contribution in [2.24, 2.45) is 20.5 Å². The van der Waals surface area contributed by atoms with Crippen molar-refractivity contribution in [1.82, 2.24) is 0 Å². The van der Waals surface area contributed by atoms with Crippen molar-refractivity contribution in [3.63, 3.8) is 0 Å². The molecule has 6 aromatic rings. The molecule has 0 aliphatic carbocycles. The molecule has 0 fully saturated rings. The van der Waals surface area contributed by atoms with Gasteiger partial charge >= 0.3 is 175 Å². The fourth-order valence-corrected chi connectivity index (χ4v) is 8.30. The predicted octanol–water partition coefficient (Wildman–Crippen LogP) is -16.9. The molecule has 0 saturated carbocycles. The van der Waals surface area contributed by atoms with Crippen LogP contribution in [0.15, 0.2) is 113 Å². The number of anilines is 2. The second-order valence-electron chi connectivity index (χ2n) is 12.4. The minimum atomic E-state index is -5.20. The van der Waals surface area contributed by atoms with Crippen molar-refractivity contribution in [3.05, 3.63) is 72.8 Å². The standard InChI is InChI=1S/C34H28N6O16S4.3Li.4Na/c1-55-25-9-15(3-5-23(25)37-39-31-27(59(49,50)51)11-17-7-19(57(43,44)45)13-21(35)29(17)33(31)41)16-4-6-24(26(10-16)56-2)38-40-32-28(60(52,53)54)12-18-8-20(58(46,47)48)14-22(36)30(18)34(32)42;;;;;;;/h3-14,41-42H,35-36H2,1-2H3,(H,43,44,45)(H,46,47,48)(H,49,50,51)(H,52,53,54);;;;;;;/q;7*+1/p-4. The van der Waals surface area contributed by atoms with Gasteiger partial charge in [0.1, 0.15) is 52.9 Å². The molecule has 0 radical (unpaired) electrons. The number of hydrogen-bond acceptors (Lipinski definition) is 20. The van der Waals surface area contributed by atoms with Gasteiger partial charge in [-0.1, -0.05) is 23.6 Å². The third-order valence-corrected chi connectivity index (χ3v) is 12.0. The summed E-state index contributed by atoms with van der Waals surface area (Å²) in [4.78, 5) is -3.85. The molecule has 6 rings (SSSR count). The van der Waals surface area contributed by atoms with Crippen LogP contribution in [0.5, 0.6) is 23.0 Å². The van der Waals surface area contributed by atoms with E-state index < -0.39 is 105 Å². The van der Waals surface area contributed by atoms with E-state index >= 15 is 0 Å². The first-order chi connectivity index (χ1) is 27.8. The van der Waals surface area contributed by atoms with E-state index in [0.717, 1.165) is 0 Å². The Morgan fingerprint density at radius 1 is 0.507 bits per heavy atom. The van der Waals surface area contributed by atoms with E-state index in [0.29, 0.717) is 47.5 Å². The maximum atomic E-state index is 13.4. The second-order valence-corrected chi connectivity index (χ2v) is 17.9. The largest absolute Gasteiger partial charge is 1.00 e. The molecular formula is C34H24Li3N6Na4O16S4+3. The Morgan fingerprint density at radius 3 is 1.09 bits per heavy atom. The van der Waals surface area contributed by atoms with Crippen LogP contribution >= 0.6 is 0 Å². The summed E-state index contributed by atoms with van der Waals surface area (Å²) in [5.74, 6) is -2.31. The smallest absolute Gasteiger partial charge is 0.870 e. The van der Waals surface area contributed by atoms with Crippen LogP contribution in [0.25, 0.3) is 32.7 Å². The molecular weight excluding hydrogens is 989 g/mol. The van der Waals surface area contributed by atoms with E-state index in [1.807, 2.05) is 0 Å². The SMILES string of the molecule is COc1cc(-c2ccc(N=Nc3c(S(=O)(=O)O)cc4cc(S(=O)(=O)[O-])cc(N)c4c3[O-])c(OC)c2)ccc1N=Nc1c(S(=O)(=O)O)cc2cc(S(=O)(=O)[O-])cc(N)c2c1[O-].[Li+].[Li+].[Li+].[Na+].[Na+].[Na+].[Na+]. The summed E-state index contributed by atoms with van der Waals surface area (Å²) in [6.07, 6.45) is 0. The third-order valence-electron chi connectivity index (χ3n) is 8.61. The molecule has 0 amide bonds. The molecule has 0 heterocycles. The summed E-state index contributed by atoms with van der Waals surface area (Å²) in [7, 11) is -18.1. The fourth-order valence-electron chi connectivity index (χ4n) is 5.91. The number of rotatable bonds is 11. The van der Waals surface area contributed by atoms with Crippen LogP contribution in [0.4, 0.5) is 34.1 Å². The van der Waals surface area contributed by atoms with Crippen LogP contribution < -0.4 is 206 Å². The third kappa shape index (κ3) is 15.2. The van der Waals surface area contributed by atoms with Crippen LogP contribution in [0.3, 0.4) is 0 Å². The van der Waals surface area contributed by atoms with Crippen molar-refractivity contribution in [3.8, 4) is 34.1 Å². The second kappa shape index (κ2) is 26.3. The van der Waals surface area contributed by atoms with Crippen molar-refractivity contribution >= 4 is 96.1 Å². The summed E-state index contributed by atoms with van der Waals surface area (Å²) < 4.78 is 149. The first-order valence-electron chi connectivity index (χ1n) is 16.0. The van der Waals surface area contributed by atoms with Gasteiger partial charge in [-0.15, -0.1) is 20.5 Å². The molecule has 0 bridgehead atoms. The normalized spacial score (nSPS) is 11.5. The van der Waals surface area contributed by atoms with E-state index in [9.17, 15) is 62.1 Å². The molecule has 67 heavy (non-hydrogen) atoms. The molecule has 0 atom stereocenters. The molecule has 0 aromatic heterocycles. The zero-order chi connectivity index (χ0) is 44.3. The maximum absolute atomic E-state index is 13.4. The Bertz CT molecular complexity index is 3160. The maximum Gasteiger partial charge on any atom is 1.00 e. The molecule has 22 nitrogen and oxygen atoms in total. The van der Waals surface area contributed by atoms with Crippen molar-refractivity contribution in [2.75, 3.05) is 25.7 Å². The van der Waals surface area contributed by atoms with Crippen LogP contribution in [-0.2, 0) is 40.5 Å². The Kier molecular flexibility index (Phi) is 26.8. The fraction of sp³-hybridized carbons (Fsp3) is 0.0588. The zero-order valence-electron chi connectivity index (χ0n) is 37.1. The van der Waals surface area contributed by atoms with Crippen LogP contribution in [0, 0.1) is 0 Å². The molecule has 0 saturated heterocycles. The van der Waals surface area contributed by atoms with Crippen molar-refractivity contribution in [2.45, 2.75) is 19.6 Å². The van der Waals surface area contributed by atoms with Gasteiger partial charge in [0.2, 0.25) is 0 Å². The number of azo groups is 2. The van der Waals surface area contributed by atoms with E-state index in [-0.39, 0.29) is 208 Å². The quantitative estimate of drug-likeness (QED) is 0.0405. The van der Waals surface area contributed by atoms with Crippen molar-refractivity contribution < 1.29 is 246 Å². The average Bonchev–Trinajstić information content (AvgIpc) is 3.14. The summed E-state index contributed by atoms with van der Waals surface area (Å²) in [5.41, 5.74) is 9.62. The topological polar surface area (TPSA) is 389 Å². The summed E-state index contributed by atoms with van der Waals surface area (Å²) in [6.45, 7) is 0. The van der Waals surface area contributed by atoms with Crippen LogP contribution in [-0.4, -0.2) is 66.1 Å². The van der Waals surface area contributed by atoms with E-state index in [1.165, 1.54) is 50.6 Å². The van der Waals surface area contributed by atoms with Gasteiger partial charge in [-0.3, -0.25) is 9.11 Å². The minimum absolute atomic E-state index is 0. The Morgan fingerprint density at radius 2 is 0.821 bits per heavy atom. The number of ether oxygens (including phenoxy) is 2.